The maximum atomic E-state index is 12.5. The molecule has 0 fully saturated rings. The number of hydrogen-bond acceptors (Lipinski definition) is 5. The number of hydrogen-bond donors (Lipinski definition) is 3. The van der Waals surface area contributed by atoms with E-state index in [4.69, 9.17) is 4.74 Å². The van der Waals surface area contributed by atoms with Crippen LogP contribution in [0.25, 0.3) is 0 Å². The number of carbonyl (C=O) groups excluding carboxylic acids is 2. The molecule has 6 heteroatoms. The van der Waals surface area contributed by atoms with Gasteiger partial charge in [0.1, 0.15) is 0 Å². The van der Waals surface area contributed by atoms with Crippen molar-refractivity contribution in [2.75, 3.05) is 13.2 Å². The Hall–Kier alpha value is -1.40. The SMILES string of the molecule is CCCC/C=C\CCCCCCCC(=O)OCCCCCCCCCCCCCCCCCCCCCCCCCCCCC(=O)NC(CO)C(O)CCCCCCCCCCCCCCCCCCCCCC. The zero-order chi connectivity index (χ0) is 53.6. The van der Waals surface area contributed by atoms with Crippen molar-refractivity contribution in [3.05, 3.63) is 12.2 Å². The van der Waals surface area contributed by atoms with Gasteiger partial charge in [-0.05, 0) is 44.9 Å². The number of amides is 1. The first-order valence-corrected chi connectivity index (χ1v) is 33.9. The lowest BCUT2D eigenvalue weighted by atomic mass is 10.0. The third-order valence-corrected chi connectivity index (χ3v) is 16.1. The monoisotopic (exact) mass is 1040 g/mol. The van der Waals surface area contributed by atoms with Crippen LogP contribution in [0.4, 0.5) is 0 Å². The van der Waals surface area contributed by atoms with Crippen molar-refractivity contribution in [1.82, 2.24) is 5.32 Å². The third-order valence-electron chi connectivity index (χ3n) is 16.1. The fraction of sp³-hybridized carbons (Fsp3) is 0.941. The van der Waals surface area contributed by atoms with Crippen LogP contribution in [0.2, 0.25) is 0 Å². The lowest BCUT2D eigenvalue weighted by molar-refractivity contribution is -0.143. The Morgan fingerprint density at radius 3 is 1.00 bits per heavy atom. The van der Waals surface area contributed by atoms with Gasteiger partial charge in [-0.1, -0.05) is 341 Å². The van der Waals surface area contributed by atoms with E-state index in [9.17, 15) is 19.8 Å². The van der Waals surface area contributed by atoms with E-state index in [1.54, 1.807) is 0 Å². The molecule has 0 aliphatic rings. The molecule has 0 saturated heterocycles. The van der Waals surface area contributed by atoms with E-state index >= 15 is 0 Å². The molecule has 3 N–H and O–H groups in total. The zero-order valence-electron chi connectivity index (χ0n) is 50.4. The van der Waals surface area contributed by atoms with Gasteiger partial charge in [0.2, 0.25) is 5.91 Å². The van der Waals surface area contributed by atoms with Crippen LogP contribution >= 0.6 is 0 Å². The van der Waals surface area contributed by atoms with E-state index in [2.05, 4.69) is 31.3 Å². The lowest BCUT2D eigenvalue weighted by Crippen LogP contribution is -2.45. The van der Waals surface area contributed by atoms with Crippen LogP contribution in [0.1, 0.15) is 386 Å². The van der Waals surface area contributed by atoms with Gasteiger partial charge in [-0.2, -0.15) is 0 Å². The Balaban J connectivity index is 3.36. The molecule has 2 atom stereocenters. The summed E-state index contributed by atoms with van der Waals surface area (Å²) >= 11 is 0. The van der Waals surface area contributed by atoms with Gasteiger partial charge in [0, 0.05) is 12.8 Å². The molecule has 0 aliphatic carbocycles. The molecule has 0 spiro atoms. The van der Waals surface area contributed by atoms with Gasteiger partial charge < -0.3 is 20.3 Å². The number of carbonyl (C=O) groups is 2. The fourth-order valence-electron chi connectivity index (χ4n) is 10.9. The summed E-state index contributed by atoms with van der Waals surface area (Å²) in [5.74, 6) is -0.0213. The maximum absolute atomic E-state index is 12.5. The van der Waals surface area contributed by atoms with Crippen LogP contribution in [0.15, 0.2) is 12.2 Å². The highest BCUT2D eigenvalue weighted by atomic mass is 16.5. The van der Waals surface area contributed by atoms with Crippen molar-refractivity contribution < 1.29 is 24.5 Å². The Kier molecular flexibility index (Phi) is 62.9. The molecule has 6 nitrogen and oxygen atoms in total. The van der Waals surface area contributed by atoms with Crippen molar-refractivity contribution in [2.45, 2.75) is 398 Å². The first kappa shape index (κ1) is 72.6. The molecule has 0 radical (unpaired) electrons. The molecule has 0 heterocycles. The van der Waals surface area contributed by atoms with Gasteiger partial charge >= 0.3 is 5.97 Å². The highest BCUT2D eigenvalue weighted by Crippen LogP contribution is 2.19. The molecule has 0 bridgehead atoms. The summed E-state index contributed by atoms with van der Waals surface area (Å²) in [6, 6.07) is -0.540. The van der Waals surface area contributed by atoms with Crippen LogP contribution in [-0.2, 0) is 14.3 Å². The normalized spacial score (nSPS) is 12.5. The number of nitrogens with one attached hydrogen (secondary N) is 1. The Bertz CT molecular complexity index is 1110. The number of allylic oxidation sites excluding steroid dienone is 2. The first-order valence-electron chi connectivity index (χ1n) is 33.9. The largest absolute Gasteiger partial charge is 0.466 e. The van der Waals surface area contributed by atoms with Crippen molar-refractivity contribution in [1.29, 1.82) is 0 Å². The summed E-state index contributed by atoms with van der Waals surface area (Å²) in [6.07, 6.45) is 78.2. The Morgan fingerprint density at radius 2 is 0.649 bits per heavy atom. The predicted molar refractivity (Wildman–Crippen MR) is 324 cm³/mol. The second kappa shape index (κ2) is 64.1. The minimum absolute atomic E-state index is 0.00700. The molecule has 0 aromatic heterocycles. The van der Waals surface area contributed by atoms with Crippen LogP contribution in [-0.4, -0.2) is 47.4 Å². The quantitative estimate of drug-likeness (QED) is 0.0320. The summed E-state index contributed by atoms with van der Waals surface area (Å²) in [5, 5.41) is 23.4. The van der Waals surface area contributed by atoms with E-state index in [0.717, 1.165) is 44.9 Å². The topological polar surface area (TPSA) is 95.9 Å². The van der Waals surface area contributed by atoms with Crippen LogP contribution in [0.5, 0.6) is 0 Å². The van der Waals surface area contributed by atoms with E-state index in [1.807, 2.05) is 0 Å². The summed E-state index contributed by atoms with van der Waals surface area (Å²) in [4.78, 5) is 24.5. The molecule has 0 aromatic carbocycles. The second-order valence-corrected chi connectivity index (χ2v) is 23.5. The van der Waals surface area contributed by atoms with Crippen molar-refractivity contribution >= 4 is 11.9 Å². The highest BCUT2D eigenvalue weighted by Gasteiger charge is 2.20. The predicted octanol–water partition coefficient (Wildman–Crippen LogP) is 21.6. The summed E-state index contributed by atoms with van der Waals surface area (Å²) < 4.78 is 5.47. The molecule has 0 aromatic rings. The Morgan fingerprint density at radius 1 is 0.365 bits per heavy atom. The van der Waals surface area contributed by atoms with Crippen LogP contribution in [0.3, 0.4) is 0 Å². The lowest BCUT2D eigenvalue weighted by Gasteiger charge is -2.22. The minimum atomic E-state index is -0.663. The number of unbranched alkanes of at least 4 members (excludes halogenated alkanes) is 51. The first-order chi connectivity index (χ1) is 36.5. The number of rotatable bonds is 64. The molecule has 74 heavy (non-hydrogen) atoms. The molecule has 0 saturated carbocycles. The number of aliphatic hydroxyl groups excluding tert-OH is 2. The molecular formula is C68H133NO5. The molecule has 0 aliphatic heterocycles. The van der Waals surface area contributed by atoms with Gasteiger partial charge in [0.15, 0.2) is 0 Å². The molecule has 440 valence electrons. The van der Waals surface area contributed by atoms with Crippen LogP contribution in [0, 0.1) is 0 Å². The average Bonchev–Trinajstić information content (AvgIpc) is 3.40. The van der Waals surface area contributed by atoms with Gasteiger partial charge in [-0.25, -0.2) is 0 Å². The van der Waals surface area contributed by atoms with Crippen molar-refractivity contribution in [3.63, 3.8) is 0 Å². The molecule has 2 unspecified atom stereocenters. The van der Waals surface area contributed by atoms with Crippen LogP contribution < -0.4 is 5.32 Å². The standard InChI is InChI=1S/C68H133NO5/c1-3-5-7-9-11-13-15-16-17-18-19-28-31-34-37-41-44-48-52-56-60-66(71)65(64-70)69-67(72)61-57-53-49-45-42-38-35-32-29-26-24-22-20-21-23-25-27-30-33-36-39-43-47-51-55-59-63-74-68(73)62-58-54-50-46-40-14-12-10-8-6-4-2/h10,12,65-66,70-71H,3-9,11,13-64H2,1-2H3,(H,69,72)/b12-10-. The smallest absolute Gasteiger partial charge is 0.305 e. The minimum Gasteiger partial charge on any atom is -0.466 e. The zero-order valence-corrected chi connectivity index (χ0v) is 50.4. The van der Waals surface area contributed by atoms with E-state index < -0.39 is 12.1 Å². The second-order valence-electron chi connectivity index (χ2n) is 23.5. The number of ether oxygens (including phenoxy) is 1. The molecule has 0 rings (SSSR count). The number of aliphatic hydroxyl groups is 2. The van der Waals surface area contributed by atoms with Gasteiger partial charge in [0.25, 0.3) is 0 Å². The highest BCUT2D eigenvalue weighted by molar-refractivity contribution is 5.76. The molecular weight excluding hydrogens is 911 g/mol. The van der Waals surface area contributed by atoms with E-state index in [-0.39, 0.29) is 18.5 Å². The van der Waals surface area contributed by atoms with E-state index in [0.29, 0.717) is 25.9 Å². The number of esters is 1. The summed E-state index contributed by atoms with van der Waals surface area (Å²) in [7, 11) is 0. The summed E-state index contributed by atoms with van der Waals surface area (Å²) in [6.45, 7) is 4.95. The summed E-state index contributed by atoms with van der Waals surface area (Å²) in [5.41, 5.74) is 0. The van der Waals surface area contributed by atoms with Gasteiger partial charge in [-0.3, -0.25) is 9.59 Å². The van der Waals surface area contributed by atoms with Gasteiger partial charge in [-0.15, -0.1) is 0 Å². The van der Waals surface area contributed by atoms with Crippen molar-refractivity contribution in [3.8, 4) is 0 Å². The maximum Gasteiger partial charge on any atom is 0.305 e. The average molecular weight is 1040 g/mol. The van der Waals surface area contributed by atoms with Crippen molar-refractivity contribution in [2.24, 2.45) is 0 Å². The van der Waals surface area contributed by atoms with Gasteiger partial charge in [0.05, 0.1) is 25.4 Å². The molecule has 1 amide bonds. The fourth-order valence-corrected chi connectivity index (χ4v) is 10.9. The van der Waals surface area contributed by atoms with E-state index in [1.165, 1.54) is 308 Å². The third kappa shape index (κ3) is 59.8. The Labute approximate surface area is 463 Å².